The number of nitrogens with one attached hydrogen (secondary N) is 1. The normalized spacial score (nSPS) is 13.1. The van der Waals surface area contributed by atoms with Crippen molar-refractivity contribution in [1.82, 2.24) is 10.2 Å². The molecule has 0 amide bonds. The van der Waals surface area contributed by atoms with Crippen molar-refractivity contribution in [2.24, 2.45) is 0 Å². The summed E-state index contributed by atoms with van der Waals surface area (Å²) in [6, 6.07) is 6.25. The SMILES string of the molecule is O=C(O)c1nnc2ccccc2c1NCC(O)C(F)(F)F. The predicted octanol–water partition coefficient (Wildman–Crippen LogP) is 1.66. The van der Waals surface area contributed by atoms with Gasteiger partial charge < -0.3 is 15.5 Å². The molecule has 9 heteroatoms. The second-order valence-electron chi connectivity index (χ2n) is 4.18. The van der Waals surface area contributed by atoms with Crippen LogP contribution >= 0.6 is 0 Å². The number of aliphatic hydroxyl groups is 1. The second kappa shape index (κ2) is 5.52. The Hall–Kier alpha value is -2.42. The van der Waals surface area contributed by atoms with E-state index < -0.39 is 30.5 Å². The average molecular weight is 301 g/mol. The van der Waals surface area contributed by atoms with Gasteiger partial charge in [-0.15, -0.1) is 10.2 Å². The van der Waals surface area contributed by atoms with E-state index in [1.807, 2.05) is 0 Å². The zero-order valence-electron chi connectivity index (χ0n) is 10.4. The fourth-order valence-electron chi connectivity index (χ4n) is 1.70. The molecule has 1 atom stereocenters. The monoisotopic (exact) mass is 301 g/mol. The van der Waals surface area contributed by atoms with Crippen LogP contribution in [0.15, 0.2) is 24.3 Å². The molecule has 1 aromatic heterocycles. The summed E-state index contributed by atoms with van der Waals surface area (Å²) >= 11 is 0. The molecule has 112 valence electrons. The molecule has 1 aromatic carbocycles. The fourth-order valence-corrected chi connectivity index (χ4v) is 1.70. The van der Waals surface area contributed by atoms with E-state index in [1.54, 1.807) is 18.2 Å². The molecule has 21 heavy (non-hydrogen) atoms. The average Bonchev–Trinajstić information content (AvgIpc) is 2.42. The predicted molar refractivity (Wildman–Crippen MR) is 67.0 cm³/mol. The van der Waals surface area contributed by atoms with Crippen LogP contribution in [0.3, 0.4) is 0 Å². The number of carboxylic acids is 1. The molecule has 1 heterocycles. The van der Waals surface area contributed by atoms with E-state index >= 15 is 0 Å². The number of halogens is 3. The number of nitrogens with zero attached hydrogens (tertiary/aromatic N) is 2. The van der Waals surface area contributed by atoms with Gasteiger partial charge in [-0.25, -0.2) is 4.79 Å². The van der Waals surface area contributed by atoms with Crippen LogP contribution in [-0.2, 0) is 0 Å². The van der Waals surface area contributed by atoms with Gasteiger partial charge in [0, 0.05) is 11.9 Å². The Balaban J connectivity index is 2.40. The Morgan fingerprint density at radius 3 is 2.57 bits per heavy atom. The van der Waals surface area contributed by atoms with Crippen molar-refractivity contribution in [1.29, 1.82) is 0 Å². The lowest BCUT2D eigenvalue weighted by Gasteiger charge is -2.17. The molecule has 2 rings (SSSR count). The molecule has 0 aliphatic carbocycles. The van der Waals surface area contributed by atoms with Crippen LogP contribution in [0, 0.1) is 0 Å². The topological polar surface area (TPSA) is 95.3 Å². The molecule has 0 radical (unpaired) electrons. The standard InChI is InChI=1S/C12H10F3N3O3/c13-12(14,15)8(19)5-16-9-6-3-1-2-4-7(6)17-18-10(9)11(20)21/h1-4,8,19H,5H2,(H,16,17)(H,20,21). The smallest absolute Gasteiger partial charge is 0.416 e. The highest BCUT2D eigenvalue weighted by atomic mass is 19.4. The molecule has 0 spiro atoms. The van der Waals surface area contributed by atoms with Crippen molar-refractivity contribution in [2.75, 3.05) is 11.9 Å². The zero-order chi connectivity index (χ0) is 15.6. The number of aromatic nitrogens is 2. The molecule has 0 saturated heterocycles. The van der Waals surface area contributed by atoms with Crippen molar-refractivity contribution in [3.8, 4) is 0 Å². The van der Waals surface area contributed by atoms with Gasteiger partial charge in [0.15, 0.2) is 11.8 Å². The maximum Gasteiger partial charge on any atom is 0.416 e. The lowest BCUT2D eigenvalue weighted by Crippen LogP contribution is -2.35. The Bertz CT molecular complexity index is 676. The molecule has 2 aromatic rings. The van der Waals surface area contributed by atoms with Gasteiger partial charge in [-0.3, -0.25) is 0 Å². The molecule has 0 bridgehead atoms. The molecule has 0 fully saturated rings. The number of aliphatic hydroxyl groups excluding tert-OH is 1. The highest BCUT2D eigenvalue weighted by Gasteiger charge is 2.38. The minimum absolute atomic E-state index is 0.114. The lowest BCUT2D eigenvalue weighted by molar-refractivity contribution is -0.198. The van der Waals surface area contributed by atoms with Gasteiger partial charge in [0.25, 0.3) is 0 Å². The van der Waals surface area contributed by atoms with Crippen LogP contribution in [0.25, 0.3) is 10.9 Å². The number of benzene rings is 1. The molecule has 0 saturated carbocycles. The Morgan fingerprint density at radius 1 is 1.29 bits per heavy atom. The highest BCUT2D eigenvalue weighted by Crippen LogP contribution is 2.26. The van der Waals surface area contributed by atoms with E-state index in [4.69, 9.17) is 10.2 Å². The fraction of sp³-hybridized carbons (Fsp3) is 0.250. The van der Waals surface area contributed by atoms with Crippen LogP contribution in [-0.4, -0.2) is 45.2 Å². The van der Waals surface area contributed by atoms with E-state index in [2.05, 4.69) is 15.5 Å². The molecular formula is C12H10F3N3O3. The number of carbonyl (C=O) groups is 1. The number of aromatic carboxylic acids is 1. The number of carboxylic acid groups (broad SMARTS) is 1. The largest absolute Gasteiger partial charge is 0.476 e. The van der Waals surface area contributed by atoms with Gasteiger partial charge in [-0.1, -0.05) is 18.2 Å². The first-order valence-corrected chi connectivity index (χ1v) is 5.78. The van der Waals surface area contributed by atoms with Crippen molar-refractivity contribution >= 4 is 22.6 Å². The van der Waals surface area contributed by atoms with Crippen molar-refractivity contribution in [3.05, 3.63) is 30.0 Å². The van der Waals surface area contributed by atoms with Crippen molar-refractivity contribution in [3.63, 3.8) is 0 Å². The van der Waals surface area contributed by atoms with E-state index in [0.29, 0.717) is 10.9 Å². The maximum absolute atomic E-state index is 12.3. The number of hydrogen-bond acceptors (Lipinski definition) is 5. The summed E-state index contributed by atoms with van der Waals surface area (Å²) in [5.41, 5.74) is -0.300. The quantitative estimate of drug-likeness (QED) is 0.795. The third kappa shape index (κ3) is 3.19. The van der Waals surface area contributed by atoms with Crippen LogP contribution in [0.2, 0.25) is 0 Å². The third-order valence-electron chi connectivity index (χ3n) is 2.72. The molecular weight excluding hydrogens is 291 g/mol. The van der Waals surface area contributed by atoms with Crippen LogP contribution in [0.5, 0.6) is 0 Å². The maximum atomic E-state index is 12.3. The number of fused-ring (bicyclic) bond motifs is 1. The number of hydrogen-bond donors (Lipinski definition) is 3. The summed E-state index contributed by atoms with van der Waals surface area (Å²) in [7, 11) is 0. The Morgan fingerprint density at radius 2 is 1.95 bits per heavy atom. The first-order valence-electron chi connectivity index (χ1n) is 5.78. The summed E-state index contributed by atoms with van der Waals surface area (Å²) in [5, 5.41) is 27.8. The van der Waals surface area contributed by atoms with E-state index in [-0.39, 0.29) is 5.69 Å². The summed E-state index contributed by atoms with van der Waals surface area (Å²) < 4.78 is 36.9. The van der Waals surface area contributed by atoms with Gasteiger partial charge in [0.1, 0.15) is 0 Å². The summed E-state index contributed by atoms with van der Waals surface area (Å²) in [4.78, 5) is 11.1. The van der Waals surface area contributed by atoms with Gasteiger partial charge >= 0.3 is 12.1 Å². The minimum Gasteiger partial charge on any atom is -0.476 e. The lowest BCUT2D eigenvalue weighted by atomic mass is 10.1. The molecule has 0 aliphatic rings. The molecule has 6 nitrogen and oxygen atoms in total. The summed E-state index contributed by atoms with van der Waals surface area (Å²) in [6.07, 6.45) is -7.42. The highest BCUT2D eigenvalue weighted by molar-refractivity contribution is 6.02. The van der Waals surface area contributed by atoms with Crippen LogP contribution in [0.1, 0.15) is 10.5 Å². The Labute approximate surface area is 116 Å². The van der Waals surface area contributed by atoms with E-state index in [0.717, 1.165) is 0 Å². The molecule has 3 N–H and O–H groups in total. The number of alkyl halides is 3. The number of anilines is 1. The summed E-state index contributed by atoms with van der Waals surface area (Å²) in [6.45, 7) is -0.889. The van der Waals surface area contributed by atoms with Crippen molar-refractivity contribution < 1.29 is 28.2 Å². The Kier molecular flexibility index (Phi) is 3.94. The van der Waals surface area contributed by atoms with E-state index in [9.17, 15) is 18.0 Å². The van der Waals surface area contributed by atoms with Crippen LogP contribution < -0.4 is 5.32 Å². The van der Waals surface area contributed by atoms with Crippen molar-refractivity contribution in [2.45, 2.75) is 12.3 Å². The summed E-state index contributed by atoms with van der Waals surface area (Å²) in [5.74, 6) is -1.43. The van der Waals surface area contributed by atoms with Gasteiger partial charge in [-0.2, -0.15) is 13.2 Å². The van der Waals surface area contributed by atoms with E-state index in [1.165, 1.54) is 6.07 Å². The van der Waals surface area contributed by atoms with Gasteiger partial charge in [0.2, 0.25) is 0 Å². The first-order chi connectivity index (χ1) is 9.80. The zero-order valence-corrected chi connectivity index (χ0v) is 10.4. The molecule has 0 aliphatic heterocycles. The number of rotatable bonds is 4. The van der Waals surface area contributed by atoms with Gasteiger partial charge in [-0.05, 0) is 6.07 Å². The second-order valence-corrected chi connectivity index (χ2v) is 4.18. The van der Waals surface area contributed by atoms with Gasteiger partial charge in [0.05, 0.1) is 11.2 Å². The first kappa shape index (κ1) is 15.0. The third-order valence-corrected chi connectivity index (χ3v) is 2.72. The minimum atomic E-state index is -4.80. The molecule has 1 unspecified atom stereocenters. The van der Waals surface area contributed by atoms with Crippen LogP contribution in [0.4, 0.5) is 18.9 Å².